The van der Waals surface area contributed by atoms with Crippen LogP contribution in [-0.2, 0) is 4.79 Å². The van der Waals surface area contributed by atoms with E-state index >= 15 is 0 Å². The molecule has 0 saturated carbocycles. The molecule has 1 heterocycles. The molecule has 4 heteroatoms. The molecule has 1 aromatic heterocycles. The van der Waals surface area contributed by atoms with Gasteiger partial charge in [0.1, 0.15) is 0 Å². The summed E-state index contributed by atoms with van der Waals surface area (Å²) in [5.41, 5.74) is 1.98. The summed E-state index contributed by atoms with van der Waals surface area (Å²) in [4.78, 5) is 9.00. The summed E-state index contributed by atoms with van der Waals surface area (Å²) in [5, 5.41) is 9.83. The fraction of sp³-hybridized carbons (Fsp3) is 0.0714. The summed E-state index contributed by atoms with van der Waals surface area (Å²) < 4.78 is 6.98. The molecule has 18 heavy (non-hydrogen) atoms. The summed E-state index contributed by atoms with van der Waals surface area (Å²) in [6, 6.07) is 14.4. The van der Waals surface area contributed by atoms with E-state index in [-0.39, 0.29) is 0 Å². The van der Waals surface area contributed by atoms with Crippen LogP contribution in [0.4, 0.5) is 0 Å². The van der Waals surface area contributed by atoms with Crippen molar-refractivity contribution in [3.63, 3.8) is 0 Å². The van der Waals surface area contributed by atoms with E-state index in [9.17, 15) is 0 Å². The Labute approximate surface area is 114 Å². The van der Waals surface area contributed by atoms with Gasteiger partial charge in [-0.05, 0) is 0 Å². The van der Waals surface area contributed by atoms with Crippen LogP contribution in [0, 0.1) is 0 Å². The van der Waals surface area contributed by atoms with E-state index in [1.165, 1.54) is 15.0 Å². The van der Waals surface area contributed by atoms with Crippen LogP contribution >= 0.6 is 0 Å². The molecule has 0 aliphatic carbocycles. The quantitative estimate of drug-likeness (QED) is 0.608. The fourth-order valence-electron chi connectivity index (χ4n) is 1.89. The summed E-state index contributed by atoms with van der Waals surface area (Å²) in [6.07, 6.45) is 0. The van der Waals surface area contributed by atoms with Crippen molar-refractivity contribution in [2.24, 2.45) is 0 Å². The Morgan fingerprint density at radius 3 is 2.44 bits per heavy atom. The van der Waals surface area contributed by atoms with Crippen molar-refractivity contribution in [2.75, 3.05) is 0 Å². The van der Waals surface area contributed by atoms with Gasteiger partial charge in [-0.3, -0.25) is 4.79 Å². The van der Waals surface area contributed by atoms with Gasteiger partial charge in [-0.1, -0.05) is 0 Å². The summed E-state index contributed by atoms with van der Waals surface area (Å²) in [7, 11) is 0. The van der Waals surface area contributed by atoms with E-state index < -0.39 is 5.97 Å². The number of aliphatic carboxylic acids is 1. The Morgan fingerprint density at radius 2 is 1.72 bits per heavy atom. The fourth-order valence-corrected chi connectivity index (χ4v) is 1.89. The van der Waals surface area contributed by atoms with Crippen molar-refractivity contribution in [3.8, 4) is 0 Å². The van der Waals surface area contributed by atoms with Gasteiger partial charge >= 0.3 is 90.8 Å². The third-order valence-electron chi connectivity index (χ3n) is 2.60. The van der Waals surface area contributed by atoms with E-state index in [2.05, 4.69) is 42.0 Å². The Balaban J connectivity index is 0.000000267. The van der Waals surface area contributed by atoms with Gasteiger partial charge in [0.2, 0.25) is 0 Å². The molecule has 2 aromatic carbocycles. The molecule has 0 aliphatic heterocycles. The van der Waals surface area contributed by atoms with Crippen molar-refractivity contribution >= 4 is 49.9 Å². The van der Waals surface area contributed by atoms with Gasteiger partial charge in [-0.15, -0.1) is 0 Å². The summed E-state index contributed by atoms with van der Waals surface area (Å²) in [5.74, 6) is -0.833. The molecule has 0 aliphatic rings. The zero-order chi connectivity index (χ0) is 13.1. The van der Waals surface area contributed by atoms with Crippen LogP contribution in [0.1, 0.15) is 6.92 Å². The van der Waals surface area contributed by atoms with E-state index in [1.54, 1.807) is 0 Å². The molecule has 0 saturated heterocycles. The molecule has 0 amide bonds. The molecule has 0 atom stereocenters. The Bertz CT molecular complexity index is 696. The number of fused-ring (bicyclic) bond motifs is 3. The maximum atomic E-state index is 9.00. The van der Waals surface area contributed by atoms with Crippen LogP contribution in [0.5, 0.6) is 0 Å². The van der Waals surface area contributed by atoms with Crippen molar-refractivity contribution in [1.29, 1.82) is 0 Å². The second-order valence-electron chi connectivity index (χ2n) is 4.07. The molecule has 1 N–H and O–H groups in total. The Kier molecular flexibility index (Phi) is 3.76. The van der Waals surface area contributed by atoms with Gasteiger partial charge < -0.3 is 5.11 Å². The minimum absolute atomic E-state index is 0.833. The Morgan fingerprint density at radius 1 is 1.11 bits per heavy atom. The molecule has 86 valence electrons. The number of furan rings is 1. The number of carbonyl (C=O) groups is 1. The van der Waals surface area contributed by atoms with E-state index in [0.29, 0.717) is 0 Å². The van der Waals surface area contributed by atoms with E-state index in [0.717, 1.165) is 18.1 Å². The number of benzene rings is 2. The molecule has 3 nitrogen and oxygen atoms in total. The molecule has 0 bridgehead atoms. The second kappa shape index (κ2) is 5.30. The average Bonchev–Trinajstić information content (AvgIpc) is 2.69. The van der Waals surface area contributed by atoms with Crippen molar-refractivity contribution in [1.82, 2.24) is 0 Å². The number of hydrogen-bond donors (Lipinski definition) is 1. The van der Waals surface area contributed by atoms with Gasteiger partial charge in [-0.2, -0.15) is 0 Å². The van der Waals surface area contributed by atoms with Gasteiger partial charge in [0.05, 0.1) is 0 Å². The number of carboxylic acids is 1. The van der Waals surface area contributed by atoms with Crippen molar-refractivity contribution in [3.05, 3.63) is 42.5 Å². The molecular weight excluding hydrogens is 223 g/mol. The van der Waals surface area contributed by atoms with Gasteiger partial charge in [-0.25, -0.2) is 0 Å². The monoisotopic (exact) mass is 234 g/mol. The standard InChI is InChI=1S/C12H7O.C2H4O2.Li/c1-3-7-11-9(5-1)10-6-2-4-8-12(10)13-11;1-2(3)4;/h1-7H;1H3,(H,3,4);. The number of para-hydroxylation sites is 2. The molecule has 0 radical (unpaired) electrons. The minimum atomic E-state index is -0.833. The van der Waals surface area contributed by atoms with Crippen molar-refractivity contribution < 1.29 is 14.3 Å². The molecule has 0 fully saturated rings. The third kappa shape index (κ3) is 2.58. The van der Waals surface area contributed by atoms with Gasteiger partial charge in [0.15, 0.2) is 0 Å². The molecular formula is C14H11LiO3. The SMILES string of the molecule is CC(=O)O.[Li][c]1cccc2c1oc1ccccc12. The predicted molar refractivity (Wildman–Crippen MR) is 72.4 cm³/mol. The second-order valence-corrected chi connectivity index (χ2v) is 4.07. The first kappa shape index (κ1) is 12.8. The van der Waals surface area contributed by atoms with E-state index in [1.807, 2.05) is 18.2 Å². The normalized spacial score (nSPS) is 10.2. The molecule has 3 rings (SSSR count). The third-order valence-corrected chi connectivity index (χ3v) is 2.60. The molecule has 0 unspecified atom stereocenters. The van der Waals surface area contributed by atoms with Gasteiger partial charge in [0.25, 0.3) is 5.97 Å². The number of hydrogen-bond acceptors (Lipinski definition) is 2. The zero-order valence-corrected chi connectivity index (χ0v) is 10.3. The topological polar surface area (TPSA) is 50.4 Å². The predicted octanol–water partition coefficient (Wildman–Crippen LogP) is 2.47. The molecule has 3 aromatic rings. The maximum absolute atomic E-state index is 9.00. The van der Waals surface area contributed by atoms with Crippen LogP contribution in [0.3, 0.4) is 0 Å². The Hall–Kier alpha value is -1.69. The first-order valence-corrected chi connectivity index (χ1v) is 5.66. The summed E-state index contributed by atoms with van der Waals surface area (Å²) >= 11 is 2.07. The number of rotatable bonds is 0. The first-order valence-electron chi connectivity index (χ1n) is 5.66. The van der Waals surface area contributed by atoms with Crippen LogP contribution in [0.25, 0.3) is 21.9 Å². The summed E-state index contributed by atoms with van der Waals surface area (Å²) in [6.45, 7) is 1.08. The van der Waals surface area contributed by atoms with Crippen LogP contribution in [-0.4, -0.2) is 28.8 Å². The zero-order valence-electron chi connectivity index (χ0n) is 10.3. The van der Waals surface area contributed by atoms with Crippen molar-refractivity contribution in [2.45, 2.75) is 6.92 Å². The first-order chi connectivity index (χ1) is 8.59. The van der Waals surface area contributed by atoms with Gasteiger partial charge in [0, 0.05) is 6.92 Å². The van der Waals surface area contributed by atoms with Crippen LogP contribution < -0.4 is 4.24 Å². The van der Waals surface area contributed by atoms with Crippen LogP contribution in [0.2, 0.25) is 0 Å². The average molecular weight is 234 g/mol. The molecule has 0 spiro atoms. The van der Waals surface area contributed by atoms with Crippen LogP contribution in [0.15, 0.2) is 46.9 Å². The van der Waals surface area contributed by atoms with E-state index in [4.69, 9.17) is 14.3 Å². The number of carboxylic acid groups (broad SMARTS) is 1.